The lowest BCUT2D eigenvalue weighted by Crippen LogP contribution is -2.43. The third kappa shape index (κ3) is 1.95. The van der Waals surface area contributed by atoms with Gasteiger partial charge in [0, 0.05) is 11.3 Å². The van der Waals surface area contributed by atoms with Crippen LogP contribution >= 0.6 is 0 Å². The quantitative estimate of drug-likeness (QED) is 0.728. The van der Waals surface area contributed by atoms with Crippen molar-refractivity contribution in [2.45, 2.75) is 18.8 Å². The Bertz CT molecular complexity index is 478. The van der Waals surface area contributed by atoms with Gasteiger partial charge in [-0.25, -0.2) is 8.78 Å². The van der Waals surface area contributed by atoms with Crippen LogP contribution in [0.5, 0.6) is 0 Å². The Labute approximate surface area is 97.3 Å². The Balaban J connectivity index is 2.56. The van der Waals surface area contributed by atoms with E-state index in [1.807, 2.05) is 0 Å². The number of hydrogen-bond acceptors (Lipinski definition) is 4. The van der Waals surface area contributed by atoms with Crippen LogP contribution in [0.25, 0.3) is 0 Å². The summed E-state index contributed by atoms with van der Waals surface area (Å²) in [7, 11) is 0. The molecule has 4 nitrogen and oxygen atoms in total. The molecule has 2 rings (SSSR count). The van der Waals surface area contributed by atoms with Crippen molar-refractivity contribution in [3.05, 3.63) is 29.6 Å². The minimum Gasteiger partial charge on any atom is -0.399 e. The number of halogens is 2. The van der Waals surface area contributed by atoms with Gasteiger partial charge in [-0.2, -0.15) is 0 Å². The lowest BCUT2D eigenvalue weighted by molar-refractivity contribution is -0.0805. The van der Waals surface area contributed by atoms with E-state index in [0.29, 0.717) is 5.69 Å². The van der Waals surface area contributed by atoms with Gasteiger partial charge in [-0.05, 0) is 25.1 Å². The molecule has 1 aliphatic rings. The number of hydrogen-bond donors (Lipinski definition) is 2. The molecular formula is C11H13F2N3O. The summed E-state index contributed by atoms with van der Waals surface area (Å²) in [4.78, 5) is 3.97. The zero-order valence-electron chi connectivity index (χ0n) is 9.28. The summed E-state index contributed by atoms with van der Waals surface area (Å²) in [5, 5.41) is 0. The fraction of sp³-hybridized carbons (Fsp3) is 0.364. The summed E-state index contributed by atoms with van der Waals surface area (Å²) in [5.74, 6) is -0.463. The first kappa shape index (κ1) is 11.8. The minimum absolute atomic E-state index is 0.0349. The smallest absolute Gasteiger partial charge is 0.228 e. The molecule has 1 aromatic carbocycles. The van der Waals surface area contributed by atoms with E-state index in [0.717, 1.165) is 0 Å². The summed E-state index contributed by atoms with van der Waals surface area (Å²) in [6, 6.07) is 3.91. The molecule has 0 aliphatic carbocycles. The molecule has 0 saturated carbocycles. The molecule has 0 aromatic heterocycles. The third-order valence-corrected chi connectivity index (χ3v) is 2.73. The number of alkyl halides is 1. The van der Waals surface area contributed by atoms with Gasteiger partial charge in [-0.3, -0.25) is 4.99 Å². The lowest BCUT2D eigenvalue weighted by atomic mass is 9.91. The number of amidine groups is 1. The topological polar surface area (TPSA) is 73.6 Å². The zero-order valence-corrected chi connectivity index (χ0v) is 9.28. The zero-order chi connectivity index (χ0) is 12.6. The second kappa shape index (κ2) is 3.96. The van der Waals surface area contributed by atoms with Gasteiger partial charge in [-0.1, -0.05) is 0 Å². The van der Waals surface area contributed by atoms with Gasteiger partial charge in [0.1, 0.15) is 23.8 Å². The summed E-state index contributed by atoms with van der Waals surface area (Å²) in [6.07, 6.45) is -1.76. The maximum atomic E-state index is 13.8. The fourth-order valence-electron chi connectivity index (χ4n) is 1.82. The van der Waals surface area contributed by atoms with E-state index in [2.05, 4.69) is 4.99 Å². The average molecular weight is 241 g/mol. The monoisotopic (exact) mass is 241 g/mol. The normalized spacial score (nSPS) is 28.9. The predicted octanol–water partition coefficient (Wildman–Crippen LogP) is 1.31. The van der Waals surface area contributed by atoms with Crippen molar-refractivity contribution in [3.63, 3.8) is 0 Å². The van der Waals surface area contributed by atoms with Crippen LogP contribution < -0.4 is 11.5 Å². The van der Waals surface area contributed by atoms with E-state index in [1.165, 1.54) is 25.1 Å². The van der Waals surface area contributed by atoms with Crippen LogP contribution in [0, 0.1) is 5.82 Å². The van der Waals surface area contributed by atoms with Gasteiger partial charge >= 0.3 is 0 Å². The van der Waals surface area contributed by atoms with Crippen LogP contribution in [0.15, 0.2) is 23.2 Å². The van der Waals surface area contributed by atoms with Crippen LogP contribution in [-0.4, -0.2) is 18.8 Å². The molecule has 1 aliphatic heterocycles. The standard InChI is InChI=1S/C11H13F2N3O/c1-11(10(13)17-5-9(15)16-11)7-4-6(14)2-3-8(7)12/h2-4,10H,5,14H2,1H3,(H2,15,16). The molecule has 0 amide bonds. The van der Waals surface area contributed by atoms with E-state index in [9.17, 15) is 8.78 Å². The summed E-state index contributed by atoms with van der Waals surface area (Å²) in [6.45, 7) is 1.32. The molecule has 0 bridgehead atoms. The highest BCUT2D eigenvalue weighted by atomic mass is 19.1. The van der Waals surface area contributed by atoms with Crippen molar-refractivity contribution in [1.29, 1.82) is 0 Å². The molecule has 17 heavy (non-hydrogen) atoms. The van der Waals surface area contributed by atoms with Gasteiger partial charge in [0.25, 0.3) is 0 Å². The van der Waals surface area contributed by atoms with Crippen LogP contribution in [0.1, 0.15) is 12.5 Å². The van der Waals surface area contributed by atoms with Crippen LogP contribution in [0.3, 0.4) is 0 Å². The summed E-state index contributed by atoms with van der Waals surface area (Å²) in [5.41, 5.74) is 9.93. The molecular weight excluding hydrogens is 228 g/mol. The highest BCUT2D eigenvalue weighted by Gasteiger charge is 2.42. The second-order valence-corrected chi connectivity index (χ2v) is 4.12. The lowest BCUT2D eigenvalue weighted by Gasteiger charge is -2.33. The third-order valence-electron chi connectivity index (χ3n) is 2.73. The van der Waals surface area contributed by atoms with E-state index < -0.39 is 17.7 Å². The maximum Gasteiger partial charge on any atom is 0.228 e. The molecule has 2 unspecified atom stereocenters. The molecule has 4 N–H and O–H groups in total. The highest BCUT2D eigenvalue weighted by molar-refractivity contribution is 5.82. The van der Waals surface area contributed by atoms with Gasteiger partial charge in [-0.15, -0.1) is 0 Å². The number of ether oxygens (including phenoxy) is 1. The molecule has 1 aromatic rings. The minimum atomic E-state index is -1.76. The molecule has 0 radical (unpaired) electrons. The second-order valence-electron chi connectivity index (χ2n) is 4.12. The fourth-order valence-corrected chi connectivity index (χ4v) is 1.82. The van der Waals surface area contributed by atoms with Crippen molar-refractivity contribution >= 4 is 11.5 Å². The Hall–Kier alpha value is -1.69. The Morgan fingerprint density at radius 3 is 2.88 bits per heavy atom. The first-order valence-corrected chi connectivity index (χ1v) is 5.09. The predicted molar refractivity (Wildman–Crippen MR) is 60.6 cm³/mol. The van der Waals surface area contributed by atoms with Crippen molar-refractivity contribution in [1.82, 2.24) is 0 Å². The number of nitrogen functional groups attached to an aromatic ring is 1. The maximum absolute atomic E-state index is 13.8. The molecule has 92 valence electrons. The van der Waals surface area contributed by atoms with Crippen molar-refractivity contribution < 1.29 is 13.5 Å². The molecule has 0 spiro atoms. The largest absolute Gasteiger partial charge is 0.399 e. The molecule has 2 atom stereocenters. The first-order valence-electron chi connectivity index (χ1n) is 5.09. The van der Waals surface area contributed by atoms with Crippen molar-refractivity contribution in [2.24, 2.45) is 10.7 Å². The number of benzene rings is 1. The summed E-state index contributed by atoms with van der Waals surface area (Å²) < 4.78 is 32.3. The summed E-state index contributed by atoms with van der Waals surface area (Å²) >= 11 is 0. The van der Waals surface area contributed by atoms with Gasteiger partial charge in [0.05, 0.1) is 0 Å². The Morgan fingerprint density at radius 2 is 2.18 bits per heavy atom. The Kier molecular flexibility index (Phi) is 2.74. The highest BCUT2D eigenvalue weighted by Crippen LogP contribution is 2.36. The van der Waals surface area contributed by atoms with Crippen LogP contribution in [0.2, 0.25) is 0 Å². The molecule has 0 fully saturated rings. The molecule has 1 heterocycles. The van der Waals surface area contributed by atoms with Gasteiger partial charge in [0.15, 0.2) is 0 Å². The molecule has 0 saturated heterocycles. The van der Waals surface area contributed by atoms with Gasteiger partial charge < -0.3 is 16.2 Å². The van der Waals surface area contributed by atoms with Crippen molar-refractivity contribution in [2.75, 3.05) is 12.3 Å². The van der Waals surface area contributed by atoms with Gasteiger partial charge in [0.2, 0.25) is 6.36 Å². The van der Waals surface area contributed by atoms with Crippen LogP contribution in [0.4, 0.5) is 14.5 Å². The number of anilines is 1. The van der Waals surface area contributed by atoms with E-state index in [-0.39, 0.29) is 18.0 Å². The average Bonchev–Trinajstić information content (AvgIpc) is 2.27. The first-order chi connectivity index (χ1) is 7.93. The SMILES string of the molecule is CC1(c2cc(N)ccc2F)N=C(N)COC1F. The Morgan fingerprint density at radius 1 is 1.47 bits per heavy atom. The number of rotatable bonds is 1. The molecule has 6 heteroatoms. The van der Waals surface area contributed by atoms with E-state index >= 15 is 0 Å². The van der Waals surface area contributed by atoms with Crippen LogP contribution in [-0.2, 0) is 10.3 Å². The number of aliphatic imine (C=N–C) groups is 1. The van der Waals surface area contributed by atoms with E-state index in [4.69, 9.17) is 16.2 Å². The van der Waals surface area contributed by atoms with Crippen molar-refractivity contribution in [3.8, 4) is 0 Å². The number of nitrogens with two attached hydrogens (primary N) is 2. The number of nitrogens with zero attached hydrogens (tertiary/aromatic N) is 1. The van der Waals surface area contributed by atoms with E-state index in [1.54, 1.807) is 0 Å².